The molecule has 0 spiro atoms. The van der Waals surface area contributed by atoms with Crippen LogP contribution >= 0.6 is 0 Å². The third-order valence-corrected chi connectivity index (χ3v) is 4.33. The van der Waals surface area contributed by atoms with E-state index in [1.807, 2.05) is 4.90 Å². The molecule has 1 N–H and O–H groups in total. The normalized spacial score (nSPS) is 19.6. The van der Waals surface area contributed by atoms with Gasteiger partial charge in [0.2, 0.25) is 5.91 Å². The molecule has 1 aliphatic carbocycles. The first-order valence-electron chi connectivity index (χ1n) is 7.72. The summed E-state index contributed by atoms with van der Waals surface area (Å²) >= 11 is 0. The van der Waals surface area contributed by atoms with E-state index in [-0.39, 0.29) is 18.4 Å². The number of anilines is 1. The van der Waals surface area contributed by atoms with Crippen LogP contribution in [0.2, 0.25) is 0 Å². The SMILES string of the molecule is O=C(C1CCN(c2cnccn2)CC1)N(CCO)C1CC1. The Morgan fingerprint density at radius 2 is 2.05 bits per heavy atom. The third kappa shape index (κ3) is 3.32. The van der Waals surface area contributed by atoms with Crippen LogP contribution in [-0.2, 0) is 4.79 Å². The van der Waals surface area contributed by atoms with Crippen LogP contribution in [0.5, 0.6) is 0 Å². The summed E-state index contributed by atoms with van der Waals surface area (Å²) in [5.41, 5.74) is 0. The van der Waals surface area contributed by atoms with E-state index in [9.17, 15) is 4.79 Å². The number of hydrogen-bond acceptors (Lipinski definition) is 5. The number of carbonyl (C=O) groups excluding carboxylic acids is 1. The van der Waals surface area contributed by atoms with Crippen LogP contribution in [0.1, 0.15) is 25.7 Å². The highest BCUT2D eigenvalue weighted by atomic mass is 16.3. The summed E-state index contributed by atoms with van der Waals surface area (Å²) in [5, 5.41) is 9.13. The molecule has 1 aromatic heterocycles. The lowest BCUT2D eigenvalue weighted by Crippen LogP contribution is -2.44. The largest absolute Gasteiger partial charge is 0.395 e. The molecule has 6 heteroatoms. The van der Waals surface area contributed by atoms with Crippen molar-refractivity contribution in [1.82, 2.24) is 14.9 Å². The van der Waals surface area contributed by atoms with Crippen LogP contribution in [0, 0.1) is 5.92 Å². The number of carbonyl (C=O) groups is 1. The van der Waals surface area contributed by atoms with E-state index in [1.165, 1.54) is 0 Å². The van der Waals surface area contributed by atoms with Crippen molar-refractivity contribution in [1.29, 1.82) is 0 Å². The molecule has 0 unspecified atom stereocenters. The molecule has 1 aromatic rings. The van der Waals surface area contributed by atoms with Gasteiger partial charge in [-0.1, -0.05) is 0 Å². The van der Waals surface area contributed by atoms with E-state index in [0.717, 1.165) is 44.6 Å². The molecule has 114 valence electrons. The van der Waals surface area contributed by atoms with Gasteiger partial charge in [0, 0.05) is 44.0 Å². The maximum absolute atomic E-state index is 12.6. The van der Waals surface area contributed by atoms with Crippen molar-refractivity contribution in [3.63, 3.8) is 0 Å². The van der Waals surface area contributed by atoms with E-state index < -0.39 is 0 Å². The first-order chi connectivity index (χ1) is 10.3. The van der Waals surface area contributed by atoms with Crippen molar-refractivity contribution in [2.45, 2.75) is 31.7 Å². The molecule has 1 aliphatic heterocycles. The van der Waals surface area contributed by atoms with Crippen LogP contribution in [0.15, 0.2) is 18.6 Å². The predicted octanol–water partition coefficient (Wildman–Crippen LogP) is 0.676. The van der Waals surface area contributed by atoms with Gasteiger partial charge in [-0.25, -0.2) is 4.98 Å². The molecule has 21 heavy (non-hydrogen) atoms. The molecule has 6 nitrogen and oxygen atoms in total. The molecule has 2 aliphatic rings. The quantitative estimate of drug-likeness (QED) is 0.863. The van der Waals surface area contributed by atoms with Crippen molar-refractivity contribution in [2.75, 3.05) is 31.1 Å². The summed E-state index contributed by atoms with van der Waals surface area (Å²) in [6, 6.07) is 0.377. The Bertz CT molecular complexity index is 470. The lowest BCUT2D eigenvalue weighted by molar-refractivity contribution is -0.137. The Morgan fingerprint density at radius 3 is 2.62 bits per heavy atom. The topological polar surface area (TPSA) is 69.6 Å². The highest BCUT2D eigenvalue weighted by Crippen LogP contribution is 2.30. The summed E-state index contributed by atoms with van der Waals surface area (Å²) in [4.78, 5) is 25.1. The summed E-state index contributed by atoms with van der Waals surface area (Å²) in [6.45, 7) is 2.22. The van der Waals surface area contributed by atoms with E-state index in [0.29, 0.717) is 12.6 Å². The van der Waals surface area contributed by atoms with Gasteiger partial charge < -0.3 is 14.9 Å². The smallest absolute Gasteiger partial charge is 0.226 e. The molecule has 1 saturated heterocycles. The van der Waals surface area contributed by atoms with Crippen LogP contribution in [0.4, 0.5) is 5.82 Å². The Morgan fingerprint density at radius 1 is 1.29 bits per heavy atom. The van der Waals surface area contributed by atoms with Gasteiger partial charge in [0.1, 0.15) is 5.82 Å². The fraction of sp³-hybridized carbons (Fsp3) is 0.667. The fourth-order valence-electron chi connectivity index (χ4n) is 3.01. The van der Waals surface area contributed by atoms with Gasteiger partial charge in [0.05, 0.1) is 12.8 Å². The molecule has 0 atom stereocenters. The van der Waals surface area contributed by atoms with Crippen molar-refractivity contribution in [2.24, 2.45) is 5.92 Å². The second kappa shape index (κ2) is 6.39. The second-order valence-corrected chi connectivity index (χ2v) is 5.81. The zero-order valence-electron chi connectivity index (χ0n) is 12.2. The lowest BCUT2D eigenvalue weighted by Gasteiger charge is -2.34. The van der Waals surface area contributed by atoms with Gasteiger partial charge in [-0.2, -0.15) is 0 Å². The molecule has 0 aromatic carbocycles. The summed E-state index contributed by atoms with van der Waals surface area (Å²) in [6.07, 6.45) is 9.01. The van der Waals surface area contributed by atoms with E-state index in [4.69, 9.17) is 5.11 Å². The number of rotatable bonds is 5. The summed E-state index contributed by atoms with van der Waals surface area (Å²) < 4.78 is 0. The zero-order chi connectivity index (χ0) is 14.7. The molecular formula is C15H22N4O2. The fourth-order valence-corrected chi connectivity index (χ4v) is 3.01. The first-order valence-corrected chi connectivity index (χ1v) is 7.72. The molecule has 0 bridgehead atoms. The van der Waals surface area contributed by atoms with Crippen molar-refractivity contribution >= 4 is 11.7 Å². The van der Waals surface area contributed by atoms with Crippen molar-refractivity contribution < 1.29 is 9.90 Å². The Hall–Kier alpha value is -1.69. The van der Waals surface area contributed by atoms with Crippen molar-refractivity contribution in [3.05, 3.63) is 18.6 Å². The minimum Gasteiger partial charge on any atom is -0.395 e. The van der Waals surface area contributed by atoms with Crippen LogP contribution < -0.4 is 4.90 Å². The van der Waals surface area contributed by atoms with E-state index in [2.05, 4.69) is 14.9 Å². The van der Waals surface area contributed by atoms with Crippen LogP contribution in [0.25, 0.3) is 0 Å². The maximum Gasteiger partial charge on any atom is 0.226 e. The number of hydrogen-bond donors (Lipinski definition) is 1. The summed E-state index contributed by atoms with van der Waals surface area (Å²) in [7, 11) is 0. The van der Waals surface area contributed by atoms with E-state index in [1.54, 1.807) is 18.6 Å². The van der Waals surface area contributed by atoms with Gasteiger partial charge in [-0.05, 0) is 25.7 Å². The Kier molecular flexibility index (Phi) is 4.34. The number of nitrogens with zero attached hydrogens (tertiary/aromatic N) is 4. The molecule has 2 heterocycles. The number of amides is 1. The van der Waals surface area contributed by atoms with Crippen LogP contribution in [0.3, 0.4) is 0 Å². The third-order valence-electron chi connectivity index (χ3n) is 4.33. The molecule has 2 fully saturated rings. The summed E-state index contributed by atoms with van der Waals surface area (Å²) in [5.74, 6) is 1.20. The highest BCUT2D eigenvalue weighted by molar-refractivity contribution is 5.79. The highest BCUT2D eigenvalue weighted by Gasteiger charge is 2.36. The Balaban J connectivity index is 1.56. The van der Waals surface area contributed by atoms with E-state index >= 15 is 0 Å². The average Bonchev–Trinajstić information content (AvgIpc) is 3.38. The van der Waals surface area contributed by atoms with Gasteiger partial charge >= 0.3 is 0 Å². The molecule has 1 saturated carbocycles. The van der Waals surface area contributed by atoms with Gasteiger partial charge in [-0.3, -0.25) is 9.78 Å². The van der Waals surface area contributed by atoms with Crippen LogP contribution in [-0.4, -0.2) is 58.2 Å². The van der Waals surface area contributed by atoms with Gasteiger partial charge in [0.15, 0.2) is 0 Å². The lowest BCUT2D eigenvalue weighted by atomic mass is 9.95. The maximum atomic E-state index is 12.6. The van der Waals surface area contributed by atoms with Gasteiger partial charge in [-0.15, -0.1) is 0 Å². The monoisotopic (exact) mass is 290 g/mol. The minimum atomic E-state index is 0.0562. The zero-order valence-corrected chi connectivity index (χ0v) is 12.2. The molecular weight excluding hydrogens is 268 g/mol. The molecule has 0 radical (unpaired) electrons. The second-order valence-electron chi connectivity index (χ2n) is 5.81. The minimum absolute atomic E-state index is 0.0562. The number of aliphatic hydroxyl groups is 1. The molecule has 3 rings (SSSR count). The Labute approximate surface area is 124 Å². The predicted molar refractivity (Wildman–Crippen MR) is 78.8 cm³/mol. The first kappa shape index (κ1) is 14.3. The van der Waals surface area contributed by atoms with Crippen molar-refractivity contribution in [3.8, 4) is 0 Å². The average molecular weight is 290 g/mol. The standard InChI is InChI=1S/C15H22N4O2/c20-10-9-19(13-1-2-13)15(21)12-3-7-18(8-4-12)14-11-16-5-6-17-14/h5-6,11-13,20H,1-4,7-10H2. The van der Waals surface area contributed by atoms with Gasteiger partial charge in [0.25, 0.3) is 0 Å². The molecule has 1 amide bonds. The number of piperidine rings is 1. The number of aliphatic hydroxyl groups excluding tert-OH is 1. The number of aromatic nitrogens is 2.